The van der Waals surface area contributed by atoms with Gasteiger partial charge in [0.2, 0.25) is 0 Å². The highest BCUT2D eigenvalue weighted by Gasteiger charge is 2.28. The van der Waals surface area contributed by atoms with E-state index in [9.17, 15) is 9.59 Å². The average Bonchev–Trinajstić information content (AvgIpc) is 2.66. The number of thioether (sulfide) groups is 1. The zero-order valence-corrected chi connectivity index (χ0v) is 16.7. The summed E-state index contributed by atoms with van der Waals surface area (Å²) in [6.45, 7) is 4.14. The van der Waals surface area contributed by atoms with Crippen molar-refractivity contribution in [3.63, 3.8) is 0 Å². The van der Waals surface area contributed by atoms with Gasteiger partial charge in [0, 0.05) is 31.1 Å². The van der Waals surface area contributed by atoms with Crippen molar-refractivity contribution in [2.45, 2.75) is 38.6 Å². The molecule has 5 nitrogen and oxygen atoms in total. The van der Waals surface area contributed by atoms with Crippen LogP contribution < -0.4 is 10.6 Å². The van der Waals surface area contributed by atoms with Gasteiger partial charge in [0.1, 0.15) is 0 Å². The number of pyridine rings is 1. The number of hydrogen-bond acceptors (Lipinski definition) is 4. The molecule has 0 aliphatic carbocycles. The molecule has 2 N–H and O–H groups in total. The number of aromatic nitrogens is 1. The van der Waals surface area contributed by atoms with Crippen molar-refractivity contribution in [3.8, 4) is 0 Å². The number of carbonyl (C=O) groups is 2. The lowest BCUT2D eigenvalue weighted by atomic mass is 9.89. The van der Waals surface area contributed by atoms with E-state index in [1.807, 2.05) is 55.5 Å². The number of nitrogens with one attached hydrogen (secondary N) is 2. The Morgan fingerprint density at radius 2 is 1.85 bits per heavy atom. The fraction of sp³-hybridized carbons (Fsp3) is 0.381. The summed E-state index contributed by atoms with van der Waals surface area (Å²) in [6, 6.07) is 15.5. The molecule has 2 amide bonds. The fourth-order valence-electron chi connectivity index (χ4n) is 2.80. The lowest BCUT2D eigenvalue weighted by molar-refractivity contribution is -0.109. The van der Waals surface area contributed by atoms with Crippen molar-refractivity contribution in [3.05, 3.63) is 66.0 Å². The highest BCUT2D eigenvalue weighted by Crippen LogP contribution is 2.26. The monoisotopic (exact) mass is 385 g/mol. The van der Waals surface area contributed by atoms with Crippen molar-refractivity contribution in [1.29, 1.82) is 0 Å². The highest BCUT2D eigenvalue weighted by atomic mass is 32.2. The first-order valence-corrected chi connectivity index (χ1v) is 10.1. The van der Waals surface area contributed by atoms with Gasteiger partial charge >= 0.3 is 6.03 Å². The molecular weight excluding hydrogens is 358 g/mol. The van der Waals surface area contributed by atoms with E-state index in [4.69, 9.17) is 0 Å². The van der Waals surface area contributed by atoms with Gasteiger partial charge in [0.05, 0.1) is 5.54 Å². The van der Waals surface area contributed by atoms with Gasteiger partial charge in [-0.3, -0.25) is 9.78 Å². The number of amides is 2. The Bertz CT molecular complexity index is 725. The third kappa shape index (κ3) is 7.43. The maximum absolute atomic E-state index is 12.4. The number of hydrogen-bond donors (Lipinski definition) is 2. The van der Waals surface area contributed by atoms with E-state index in [1.165, 1.54) is 11.8 Å². The fourth-order valence-corrected chi connectivity index (χ4v) is 3.59. The summed E-state index contributed by atoms with van der Waals surface area (Å²) >= 11 is 1.28. The Morgan fingerprint density at radius 3 is 2.52 bits per heavy atom. The highest BCUT2D eigenvalue weighted by molar-refractivity contribution is 8.13. The molecule has 0 radical (unpaired) electrons. The maximum Gasteiger partial charge on any atom is 0.315 e. The number of carbonyl (C=O) groups excluding carboxylic acids is 2. The lowest BCUT2D eigenvalue weighted by Gasteiger charge is -2.31. The molecule has 1 heterocycles. The van der Waals surface area contributed by atoms with Crippen LogP contribution in [0.2, 0.25) is 0 Å². The summed E-state index contributed by atoms with van der Waals surface area (Å²) in [5.41, 5.74) is 1.52. The van der Waals surface area contributed by atoms with Crippen molar-refractivity contribution in [2.24, 2.45) is 0 Å². The molecular formula is C21H27N3O2S. The molecule has 6 heteroatoms. The largest absolute Gasteiger partial charge is 0.338 e. The van der Waals surface area contributed by atoms with Gasteiger partial charge in [-0.2, -0.15) is 0 Å². The van der Waals surface area contributed by atoms with E-state index in [2.05, 4.69) is 15.6 Å². The van der Waals surface area contributed by atoms with Crippen LogP contribution >= 0.6 is 11.8 Å². The molecule has 0 bridgehead atoms. The molecule has 0 saturated heterocycles. The molecule has 144 valence electrons. The molecule has 2 rings (SSSR count). The van der Waals surface area contributed by atoms with Gasteiger partial charge < -0.3 is 10.6 Å². The Kier molecular flexibility index (Phi) is 8.33. The number of nitrogens with zero attached hydrogens (tertiary/aromatic N) is 1. The summed E-state index contributed by atoms with van der Waals surface area (Å²) in [6.07, 6.45) is 4.10. The molecule has 27 heavy (non-hydrogen) atoms. The molecule has 1 aromatic heterocycles. The standard InChI is InChI=1S/C21H27N3O2S/c1-17(25)27-16-13-21(2,18-9-4-3-5-10-18)24-20(26)23-15-8-12-19-11-6-7-14-22-19/h3-7,9-11,14H,8,12-13,15-16H2,1-2H3,(H2,23,24,26). The quantitative estimate of drug-likeness (QED) is 0.642. The molecule has 0 saturated carbocycles. The zero-order chi connectivity index (χ0) is 19.5. The molecule has 0 aliphatic heterocycles. The van der Waals surface area contributed by atoms with Crippen LogP contribution in [0.15, 0.2) is 54.7 Å². The predicted octanol–water partition coefficient (Wildman–Crippen LogP) is 3.90. The molecule has 0 spiro atoms. The molecule has 0 aliphatic rings. The van der Waals surface area contributed by atoms with Gasteiger partial charge in [-0.25, -0.2) is 4.79 Å². The van der Waals surface area contributed by atoms with Crippen LogP contribution in [0.1, 0.15) is 37.9 Å². The lowest BCUT2D eigenvalue weighted by Crippen LogP contribution is -2.48. The molecule has 1 unspecified atom stereocenters. The van der Waals surface area contributed by atoms with Crippen molar-refractivity contribution in [2.75, 3.05) is 12.3 Å². The molecule has 1 aromatic carbocycles. The smallest absolute Gasteiger partial charge is 0.315 e. The topological polar surface area (TPSA) is 71.1 Å². The van der Waals surface area contributed by atoms with E-state index in [-0.39, 0.29) is 11.1 Å². The van der Waals surface area contributed by atoms with E-state index in [0.717, 1.165) is 24.1 Å². The first kappa shape index (κ1) is 21.0. The van der Waals surface area contributed by atoms with E-state index >= 15 is 0 Å². The summed E-state index contributed by atoms with van der Waals surface area (Å²) in [4.78, 5) is 28.0. The predicted molar refractivity (Wildman–Crippen MR) is 111 cm³/mol. The Balaban J connectivity index is 1.87. The SMILES string of the molecule is CC(=O)SCCC(C)(NC(=O)NCCCc1ccccn1)c1ccccc1. The summed E-state index contributed by atoms with van der Waals surface area (Å²) in [5, 5.41) is 6.11. The van der Waals surface area contributed by atoms with Crippen LogP contribution in [0, 0.1) is 0 Å². The molecule has 2 aromatic rings. The van der Waals surface area contributed by atoms with Crippen LogP contribution in [0.25, 0.3) is 0 Å². The number of aryl methyl sites for hydroxylation is 1. The van der Waals surface area contributed by atoms with Crippen molar-refractivity contribution >= 4 is 22.9 Å². The van der Waals surface area contributed by atoms with Crippen LogP contribution in [0.5, 0.6) is 0 Å². The van der Waals surface area contributed by atoms with Gasteiger partial charge in [-0.05, 0) is 43.9 Å². The number of urea groups is 1. The number of benzene rings is 1. The van der Waals surface area contributed by atoms with Gasteiger partial charge in [0.25, 0.3) is 0 Å². The van der Waals surface area contributed by atoms with E-state index < -0.39 is 5.54 Å². The minimum absolute atomic E-state index is 0.0874. The summed E-state index contributed by atoms with van der Waals surface area (Å²) < 4.78 is 0. The Morgan fingerprint density at radius 1 is 1.11 bits per heavy atom. The van der Waals surface area contributed by atoms with Crippen LogP contribution in [-0.4, -0.2) is 28.4 Å². The number of rotatable bonds is 9. The minimum Gasteiger partial charge on any atom is -0.338 e. The second-order valence-electron chi connectivity index (χ2n) is 6.59. The third-order valence-electron chi connectivity index (χ3n) is 4.33. The zero-order valence-electron chi connectivity index (χ0n) is 15.9. The maximum atomic E-state index is 12.4. The molecule has 0 fully saturated rings. The second-order valence-corrected chi connectivity index (χ2v) is 7.87. The Labute approximate surface area is 165 Å². The van der Waals surface area contributed by atoms with Crippen LogP contribution in [0.3, 0.4) is 0 Å². The van der Waals surface area contributed by atoms with E-state index in [1.54, 1.807) is 13.1 Å². The summed E-state index contributed by atoms with van der Waals surface area (Å²) in [5.74, 6) is 0.653. The Hall–Kier alpha value is -2.34. The van der Waals surface area contributed by atoms with Gasteiger partial charge in [-0.15, -0.1) is 0 Å². The molecule has 1 atom stereocenters. The third-order valence-corrected chi connectivity index (χ3v) is 5.14. The first-order valence-electron chi connectivity index (χ1n) is 9.14. The van der Waals surface area contributed by atoms with Crippen LogP contribution in [0.4, 0.5) is 4.79 Å². The minimum atomic E-state index is -0.533. The summed E-state index contributed by atoms with van der Waals surface area (Å²) in [7, 11) is 0. The van der Waals surface area contributed by atoms with Gasteiger partial charge in [-0.1, -0.05) is 48.2 Å². The van der Waals surface area contributed by atoms with Crippen LogP contribution in [-0.2, 0) is 16.8 Å². The van der Waals surface area contributed by atoms with Gasteiger partial charge in [0.15, 0.2) is 5.12 Å². The van der Waals surface area contributed by atoms with Crippen molar-refractivity contribution < 1.29 is 9.59 Å². The average molecular weight is 386 g/mol. The van der Waals surface area contributed by atoms with E-state index in [0.29, 0.717) is 18.7 Å². The normalized spacial score (nSPS) is 12.8. The van der Waals surface area contributed by atoms with Crippen molar-refractivity contribution in [1.82, 2.24) is 15.6 Å². The first-order chi connectivity index (χ1) is 13.0. The second kappa shape index (κ2) is 10.7.